The number of amides is 2. The third kappa shape index (κ3) is 8.21. The zero-order valence-electron chi connectivity index (χ0n) is 28.3. The van der Waals surface area contributed by atoms with Crippen LogP contribution in [0, 0.1) is 6.92 Å². The highest BCUT2D eigenvalue weighted by Crippen LogP contribution is 2.45. The van der Waals surface area contributed by atoms with E-state index in [-0.39, 0.29) is 62.6 Å². The zero-order valence-corrected chi connectivity index (χ0v) is 29.8. The first-order valence-electron chi connectivity index (χ1n) is 15.6. The minimum Gasteiger partial charge on any atom is -0.495 e. The number of para-hydroxylation sites is 1. The van der Waals surface area contributed by atoms with Gasteiger partial charge in [-0.3, -0.25) is 19.0 Å². The van der Waals surface area contributed by atoms with E-state index in [9.17, 15) is 14.4 Å². The lowest BCUT2D eigenvalue weighted by atomic mass is 10.0. The Labute approximate surface area is 304 Å². The number of benzene rings is 3. The first-order valence-corrected chi connectivity index (χ1v) is 16.4. The van der Waals surface area contributed by atoms with Crippen molar-refractivity contribution in [3.8, 4) is 22.6 Å². The van der Waals surface area contributed by atoms with Crippen molar-refractivity contribution >= 4 is 69.1 Å². The van der Waals surface area contributed by atoms with Crippen molar-refractivity contribution in [2.75, 3.05) is 43.8 Å². The van der Waals surface area contributed by atoms with E-state index in [1.54, 1.807) is 61.8 Å². The van der Waals surface area contributed by atoms with Gasteiger partial charge in [-0.2, -0.15) is 4.98 Å². The van der Waals surface area contributed by atoms with Crippen molar-refractivity contribution in [2.45, 2.75) is 13.5 Å². The molecule has 0 saturated carbocycles. The molecule has 2 amide bonds. The summed E-state index contributed by atoms with van der Waals surface area (Å²) in [5.74, 6) is 0.00863. The molecule has 0 aliphatic rings. The summed E-state index contributed by atoms with van der Waals surface area (Å²) in [4.78, 5) is 48.5. The minimum absolute atomic E-state index is 0.0419. The molecule has 0 aliphatic carbocycles. The maximum Gasteiger partial charge on any atom is 0.260 e. The summed E-state index contributed by atoms with van der Waals surface area (Å²) >= 11 is 13.6. The highest BCUT2D eigenvalue weighted by atomic mass is 35.5. The molecule has 0 saturated heterocycles. The summed E-state index contributed by atoms with van der Waals surface area (Å²) in [6, 6.07) is 15.7. The molecule has 0 unspecified atom stereocenters. The van der Waals surface area contributed by atoms with E-state index >= 15 is 0 Å². The molecule has 2 aromatic heterocycles. The molecule has 0 radical (unpaired) electrons. The summed E-state index contributed by atoms with van der Waals surface area (Å²) < 4.78 is 12.4. The third-order valence-corrected chi connectivity index (χ3v) is 8.50. The predicted octanol–water partition coefficient (Wildman–Crippen LogP) is 6.72. The Morgan fingerprint density at radius 2 is 1.71 bits per heavy atom. The van der Waals surface area contributed by atoms with Gasteiger partial charge in [0.05, 0.1) is 47.7 Å². The zero-order chi connectivity index (χ0) is 36.7. The van der Waals surface area contributed by atoms with Crippen molar-refractivity contribution in [3.05, 3.63) is 117 Å². The third-order valence-electron chi connectivity index (χ3n) is 7.75. The molecule has 2 heterocycles. The number of anilines is 4. The molecule has 5 rings (SSSR count). The van der Waals surface area contributed by atoms with Gasteiger partial charge >= 0.3 is 0 Å². The average molecular weight is 729 g/mol. The fourth-order valence-electron chi connectivity index (χ4n) is 5.30. The number of hydrogen-bond donors (Lipinski definition) is 4. The van der Waals surface area contributed by atoms with Gasteiger partial charge in [-0.1, -0.05) is 60.1 Å². The quantitative estimate of drug-likeness (QED) is 0.0970. The van der Waals surface area contributed by atoms with Crippen molar-refractivity contribution < 1.29 is 19.1 Å². The molecular formula is C37H35Cl2N7O5. The lowest BCUT2D eigenvalue weighted by Gasteiger charge is -2.18. The first-order chi connectivity index (χ1) is 24.6. The first kappa shape index (κ1) is 36.6. The van der Waals surface area contributed by atoms with Crippen LogP contribution in [0.25, 0.3) is 22.2 Å². The van der Waals surface area contributed by atoms with Crippen LogP contribution in [0.15, 0.2) is 90.4 Å². The highest BCUT2D eigenvalue weighted by Gasteiger charge is 2.24. The molecule has 4 N–H and O–H groups in total. The number of rotatable bonds is 13. The van der Waals surface area contributed by atoms with E-state index in [1.165, 1.54) is 30.9 Å². The summed E-state index contributed by atoms with van der Waals surface area (Å²) in [7, 11) is 4.68. The number of aromatic nitrogens is 3. The normalized spacial score (nSPS) is 11.0. The SMILES string of the molecule is C=CC(=O)Nc1cccc(C)c1Nc1ncc2cc(-c3c(Cl)c(OC)cc(OC)c3Cl)c(=O)n(Cc3cccc(NC(=O)/C=C/CNC)c3)c2n1. The van der Waals surface area contributed by atoms with Gasteiger partial charge in [0.1, 0.15) is 17.1 Å². The number of aryl methyl sites for hydroxylation is 1. The second-order valence-electron chi connectivity index (χ2n) is 11.2. The molecule has 5 aromatic rings. The van der Waals surface area contributed by atoms with Crippen LogP contribution in [0.2, 0.25) is 10.0 Å². The predicted molar refractivity (Wildman–Crippen MR) is 203 cm³/mol. The Hall–Kier alpha value is -5.69. The fourth-order valence-corrected chi connectivity index (χ4v) is 6.00. The van der Waals surface area contributed by atoms with Crippen LogP contribution in [-0.2, 0) is 16.1 Å². The van der Waals surface area contributed by atoms with Gasteiger partial charge in [0, 0.05) is 41.5 Å². The number of nitrogens with one attached hydrogen (secondary N) is 4. The van der Waals surface area contributed by atoms with Crippen LogP contribution in [0.3, 0.4) is 0 Å². The van der Waals surface area contributed by atoms with Crippen LogP contribution in [0.4, 0.5) is 23.0 Å². The number of nitrogens with zero attached hydrogens (tertiary/aromatic N) is 3. The molecular weight excluding hydrogens is 693 g/mol. The Balaban J connectivity index is 1.68. The van der Waals surface area contributed by atoms with Gasteiger partial charge in [-0.05, 0) is 55.4 Å². The van der Waals surface area contributed by atoms with Crippen LogP contribution < -0.4 is 36.3 Å². The van der Waals surface area contributed by atoms with E-state index in [0.29, 0.717) is 34.6 Å². The molecule has 3 aromatic carbocycles. The van der Waals surface area contributed by atoms with Gasteiger partial charge in [-0.15, -0.1) is 0 Å². The number of pyridine rings is 1. The van der Waals surface area contributed by atoms with Crippen LogP contribution in [0.5, 0.6) is 11.5 Å². The maximum absolute atomic E-state index is 14.6. The Kier molecular flexibility index (Phi) is 11.7. The Morgan fingerprint density at radius 3 is 2.39 bits per heavy atom. The summed E-state index contributed by atoms with van der Waals surface area (Å²) in [6.07, 6.45) is 5.89. The van der Waals surface area contributed by atoms with Crippen LogP contribution in [0.1, 0.15) is 11.1 Å². The summed E-state index contributed by atoms with van der Waals surface area (Å²) in [5, 5.41) is 12.5. The largest absolute Gasteiger partial charge is 0.495 e. The lowest BCUT2D eigenvalue weighted by molar-refractivity contribution is -0.112. The summed E-state index contributed by atoms with van der Waals surface area (Å²) in [6.45, 7) is 5.98. The molecule has 0 atom stereocenters. The number of methoxy groups -OCH3 is 2. The van der Waals surface area contributed by atoms with Gasteiger partial charge < -0.3 is 30.7 Å². The van der Waals surface area contributed by atoms with Crippen molar-refractivity contribution in [1.82, 2.24) is 19.9 Å². The molecule has 262 valence electrons. The number of likely N-dealkylation sites (N-methyl/N-ethyl adjacent to an activating group) is 1. The second kappa shape index (κ2) is 16.3. The van der Waals surface area contributed by atoms with E-state index in [4.69, 9.17) is 37.7 Å². The number of hydrogen-bond acceptors (Lipinski definition) is 9. The van der Waals surface area contributed by atoms with Crippen LogP contribution in [-0.4, -0.2) is 54.2 Å². The Morgan fingerprint density at radius 1 is 0.980 bits per heavy atom. The van der Waals surface area contributed by atoms with Gasteiger partial charge in [-0.25, -0.2) is 4.98 Å². The molecule has 51 heavy (non-hydrogen) atoms. The number of carbonyl (C=O) groups is 2. The second-order valence-corrected chi connectivity index (χ2v) is 11.9. The number of ether oxygens (including phenoxy) is 2. The van der Waals surface area contributed by atoms with Crippen LogP contribution >= 0.6 is 23.2 Å². The molecule has 0 fully saturated rings. The molecule has 0 aliphatic heterocycles. The number of halogens is 2. The highest BCUT2D eigenvalue weighted by molar-refractivity contribution is 6.41. The molecule has 12 nitrogen and oxygen atoms in total. The maximum atomic E-state index is 14.6. The van der Waals surface area contributed by atoms with E-state index < -0.39 is 5.56 Å². The van der Waals surface area contributed by atoms with E-state index in [2.05, 4.69) is 32.8 Å². The topological polar surface area (TPSA) is 148 Å². The smallest absolute Gasteiger partial charge is 0.260 e. The number of carbonyl (C=O) groups excluding carboxylic acids is 2. The van der Waals surface area contributed by atoms with E-state index in [1.807, 2.05) is 19.1 Å². The fraction of sp³-hybridized carbons (Fsp3) is 0.162. The summed E-state index contributed by atoms with van der Waals surface area (Å²) in [5.41, 5.74) is 3.29. The average Bonchev–Trinajstić information content (AvgIpc) is 3.12. The monoisotopic (exact) mass is 727 g/mol. The van der Waals surface area contributed by atoms with Gasteiger partial charge in [0.15, 0.2) is 0 Å². The molecule has 0 bridgehead atoms. The minimum atomic E-state index is -0.467. The molecule has 14 heteroatoms. The van der Waals surface area contributed by atoms with Crippen molar-refractivity contribution in [1.29, 1.82) is 0 Å². The standard InChI is InChI=1S/C37H35Cl2N7O5/c1-6-29(47)43-26-13-7-10-21(2)34(26)44-37-41-19-23-17-25(31-32(38)27(50-4)18-28(51-5)33(31)39)36(49)46(35(23)45-37)20-22-11-8-12-24(16-22)42-30(48)14-9-15-40-3/h6-14,16-19,40H,1,15,20H2,2-5H3,(H,42,48)(H,43,47)(H,41,44,45)/b14-9+. The van der Waals surface area contributed by atoms with Gasteiger partial charge in [0.25, 0.3) is 5.56 Å². The molecule has 0 spiro atoms. The number of fused-ring (bicyclic) bond motifs is 1. The van der Waals surface area contributed by atoms with Gasteiger partial charge in [0.2, 0.25) is 17.8 Å². The van der Waals surface area contributed by atoms with E-state index in [0.717, 1.165) is 5.56 Å². The Bertz CT molecular complexity index is 2210. The van der Waals surface area contributed by atoms with Crippen molar-refractivity contribution in [3.63, 3.8) is 0 Å². The lowest BCUT2D eigenvalue weighted by Crippen LogP contribution is -2.24. The van der Waals surface area contributed by atoms with Crippen molar-refractivity contribution in [2.24, 2.45) is 0 Å².